The van der Waals surface area contributed by atoms with Crippen molar-refractivity contribution in [1.29, 1.82) is 0 Å². The van der Waals surface area contributed by atoms with E-state index in [-0.39, 0.29) is 30.9 Å². The maximum atomic E-state index is 14.1. The molecule has 9 heteroatoms. The Morgan fingerprint density at radius 1 is 1.34 bits per heavy atom. The summed E-state index contributed by atoms with van der Waals surface area (Å²) in [6, 6.07) is 5.85. The van der Waals surface area contributed by atoms with E-state index < -0.39 is 6.10 Å². The van der Waals surface area contributed by atoms with Gasteiger partial charge in [0.2, 0.25) is 0 Å². The van der Waals surface area contributed by atoms with Crippen molar-refractivity contribution in [1.82, 2.24) is 19.9 Å². The van der Waals surface area contributed by atoms with Crippen LogP contribution in [0.25, 0.3) is 5.65 Å². The number of benzene rings is 1. The number of carbonyl (C=O) groups is 1. The molecule has 2 N–H and O–H groups in total. The van der Waals surface area contributed by atoms with Crippen LogP contribution >= 0.6 is 0 Å². The summed E-state index contributed by atoms with van der Waals surface area (Å²) in [7, 11) is 0. The highest BCUT2D eigenvalue weighted by Crippen LogP contribution is 2.40. The van der Waals surface area contributed by atoms with Gasteiger partial charge in [-0.05, 0) is 37.6 Å². The third kappa shape index (κ3) is 2.98. The maximum Gasteiger partial charge on any atom is 0.257 e. The average molecular weight is 397 g/mol. The lowest BCUT2D eigenvalue weighted by Crippen LogP contribution is -2.28. The summed E-state index contributed by atoms with van der Waals surface area (Å²) in [5.74, 6) is 0.470. The van der Waals surface area contributed by atoms with E-state index in [0.29, 0.717) is 47.0 Å². The van der Waals surface area contributed by atoms with Crippen molar-refractivity contribution in [3.8, 4) is 5.75 Å². The topological polar surface area (TPSA) is 92.0 Å². The summed E-state index contributed by atoms with van der Waals surface area (Å²) in [4.78, 5) is 19.3. The lowest BCUT2D eigenvalue weighted by atomic mass is 10.0. The minimum atomic E-state index is -0.587. The molecule has 2 aliphatic rings. The molecular formula is C20H20FN5O3. The number of hydrogen-bond acceptors (Lipinski definition) is 6. The summed E-state index contributed by atoms with van der Waals surface area (Å²) >= 11 is 0. The molecule has 1 amide bonds. The van der Waals surface area contributed by atoms with E-state index in [1.807, 2.05) is 4.90 Å². The zero-order valence-electron chi connectivity index (χ0n) is 15.8. The van der Waals surface area contributed by atoms with Crippen molar-refractivity contribution in [3.63, 3.8) is 0 Å². The average Bonchev–Trinajstić information content (AvgIpc) is 3.23. The Labute approximate surface area is 165 Å². The fourth-order valence-corrected chi connectivity index (χ4v) is 4.14. The number of ether oxygens (including phenoxy) is 1. The van der Waals surface area contributed by atoms with E-state index in [1.54, 1.807) is 29.8 Å². The smallest absolute Gasteiger partial charge is 0.257 e. The van der Waals surface area contributed by atoms with E-state index >= 15 is 0 Å². The highest BCUT2D eigenvalue weighted by atomic mass is 19.1. The normalized spacial score (nSPS) is 21.6. The Morgan fingerprint density at radius 3 is 3.07 bits per heavy atom. The Kier molecular flexibility index (Phi) is 4.13. The van der Waals surface area contributed by atoms with Gasteiger partial charge < -0.3 is 20.1 Å². The van der Waals surface area contributed by atoms with Crippen LogP contribution in [0.2, 0.25) is 0 Å². The number of nitrogens with zero attached hydrogens (tertiary/aromatic N) is 4. The van der Waals surface area contributed by atoms with Gasteiger partial charge in [-0.25, -0.2) is 13.9 Å². The number of amides is 1. The van der Waals surface area contributed by atoms with Crippen LogP contribution in [0.3, 0.4) is 0 Å². The summed E-state index contributed by atoms with van der Waals surface area (Å²) in [5.41, 5.74) is 2.08. The second-order valence-corrected chi connectivity index (χ2v) is 7.36. The van der Waals surface area contributed by atoms with Crippen LogP contribution in [-0.4, -0.2) is 51.4 Å². The van der Waals surface area contributed by atoms with Crippen molar-refractivity contribution in [2.75, 3.05) is 24.6 Å². The van der Waals surface area contributed by atoms with Gasteiger partial charge >= 0.3 is 0 Å². The van der Waals surface area contributed by atoms with Crippen LogP contribution in [0.15, 0.2) is 30.5 Å². The van der Waals surface area contributed by atoms with Gasteiger partial charge in [0.15, 0.2) is 5.65 Å². The van der Waals surface area contributed by atoms with Gasteiger partial charge in [0.1, 0.15) is 29.6 Å². The van der Waals surface area contributed by atoms with Crippen LogP contribution in [0.4, 0.5) is 10.2 Å². The number of aliphatic hydroxyl groups excluding tert-OH is 1. The van der Waals surface area contributed by atoms with E-state index in [9.17, 15) is 14.3 Å². The quantitative estimate of drug-likeness (QED) is 0.599. The molecule has 3 aromatic rings. The Balaban J connectivity index is 1.70. The predicted octanol–water partition coefficient (Wildman–Crippen LogP) is 1.61. The molecule has 0 unspecified atom stereocenters. The van der Waals surface area contributed by atoms with Crippen molar-refractivity contribution < 1.29 is 19.0 Å². The second-order valence-electron chi connectivity index (χ2n) is 7.36. The number of nitrogens with one attached hydrogen (secondary N) is 1. The summed E-state index contributed by atoms with van der Waals surface area (Å²) < 4.78 is 21.5. The molecule has 1 aromatic carbocycles. The fourth-order valence-electron chi connectivity index (χ4n) is 4.14. The molecule has 4 heterocycles. The standard InChI is InChI=1S/C20H20FN5O3/c1-11-18-19-23-17(4-6-26(19)24-11)25-10-13(27)9-15(25)14-8-12(21)2-3-16(14)29-7-5-22-20(18)28/h2-4,6,8,13,15,27H,5,7,9-10H2,1H3,(H,22,28)/t13-,15-/m1/s1. The molecule has 8 nitrogen and oxygen atoms in total. The number of aromatic nitrogens is 3. The SMILES string of the molecule is Cc1nn2ccc3nc2c1C(=O)NCCOc1ccc(F)cc1[C@H]1C[C@@H](O)CN31. The molecule has 0 radical (unpaired) electrons. The summed E-state index contributed by atoms with van der Waals surface area (Å²) in [5, 5.41) is 17.6. The minimum absolute atomic E-state index is 0.230. The number of aliphatic hydroxyl groups is 1. The van der Waals surface area contributed by atoms with E-state index in [0.717, 1.165) is 0 Å². The second kappa shape index (κ2) is 6.70. The predicted molar refractivity (Wildman–Crippen MR) is 103 cm³/mol. The Bertz CT molecular complexity index is 1110. The fraction of sp³-hybridized carbons (Fsp3) is 0.350. The lowest BCUT2D eigenvalue weighted by molar-refractivity contribution is 0.0947. The van der Waals surface area contributed by atoms with Crippen molar-refractivity contribution in [3.05, 3.63) is 53.1 Å². The molecule has 1 saturated heterocycles. The van der Waals surface area contributed by atoms with Gasteiger partial charge in [-0.2, -0.15) is 5.10 Å². The van der Waals surface area contributed by atoms with Gasteiger partial charge in [0, 0.05) is 18.3 Å². The maximum absolute atomic E-state index is 14.1. The van der Waals surface area contributed by atoms with Crippen LogP contribution in [-0.2, 0) is 0 Å². The molecule has 2 aliphatic heterocycles. The Morgan fingerprint density at radius 2 is 2.21 bits per heavy atom. The number of fused-ring (bicyclic) bond motifs is 5. The number of anilines is 1. The van der Waals surface area contributed by atoms with Crippen LogP contribution in [0.5, 0.6) is 5.75 Å². The molecule has 0 aliphatic carbocycles. The zero-order valence-corrected chi connectivity index (χ0v) is 15.8. The van der Waals surface area contributed by atoms with Gasteiger partial charge in [-0.3, -0.25) is 4.79 Å². The van der Waals surface area contributed by atoms with Crippen LogP contribution in [0, 0.1) is 12.7 Å². The monoisotopic (exact) mass is 397 g/mol. The molecule has 5 rings (SSSR count). The molecule has 29 heavy (non-hydrogen) atoms. The van der Waals surface area contributed by atoms with Crippen molar-refractivity contribution in [2.24, 2.45) is 0 Å². The van der Waals surface area contributed by atoms with Gasteiger partial charge in [0.05, 0.1) is 24.4 Å². The molecule has 2 atom stereocenters. The number of carbonyl (C=O) groups excluding carboxylic acids is 1. The van der Waals surface area contributed by atoms with E-state index in [1.165, 1.54) is 12.1 Å². The number of aryl methyl sites for hydroxylation is 1. The van der Waals surface area contributed by atoms with Crippen LogP contribution in [0.1, 0.15) is 34.1 Å². The van der Waals surface area contributed by atoms with Crippen molar-refractivity contribution >= 4 is 17.4 Å². The number of halogens is 1. The van der Waals surface area contributed by atoms with Crippen molar-refractivity contribution in [2.45, 2.75) is 25.5 Å². The number of hydrogen-bond donors (Lipinski definition) is 2. The molecule has 2 bridgehead atoms. The first-order valence-corrected chi connectivity index (χ1v) is 9.52. The van der Waals surface area contributed by atoms with Gasteiger partial charge in [-0.1, -0.05) is 0 Å². The molecule has 0 saturated carbocycles. The summed E-state index contributed by atoms with van der Waals surface area (Å²) in [6.07, 6.45) is 1.58. The van der Waals surface area contributed by atoms with Gasteiger partial charge in [0.25, 0.3) is 5.91 Å². The molecular weight excluding hydrogens is 377 g/mol. The number of rotatable bonds is 0. The zero-order chi connectivity index (χ0) is 20.1. The first kappa shape index (κ1) is 17.9. The third-order valence-electron chi connectivity index (χ3n) is 5.42. The highest BCUT2D eigenvalue weighted by Gasteiger charge is 2.35. The molecule has 2 aromatic heterocycles. The molecule has 150 valence electrons. The van der Waals surface area contributed by atoms with Crippen LogP contribution < -0.4 is 15.0 Å². The summed E-state index contributed by atoms with van der Waals surface area (Å²) in [6.45, 7) is 2.62. The first-order valence-electron chi connectivity index (χ1n) is 9.52. The lowest BCUT2D eigenvalue weighted by Gasteiger charge is -2.27. The van der Waals surface area contributed by atoms with E-state index in [2.05, 4.69) is 15.4 Å². The molecule has 1 fully saturated rings. The largest absolute Gasteiger partial charge is 0.491 e. The third-order valence-corrected chi connectivity index (χ3v) is 5.42. The van der Waals surface area contributed by atoms with Gasteiger partial charge in [-0.15, -0.1) is 0 Å². The first-order chi connectivity index (χ1) is 14.0. The Hall–Kier alpha value is -3.20. The van der Waals surface area contributed by atoms with E-state index in [4.69, 9.17) is 4.74 Å². The highest BCUT2D eigenvalue weighted by molar-refractivity contribution is 6.01. The molecule has 0 spiro atoms. The minimum Gasteiger partial charge on any atom is -0.491 e.